The largest absolute Gasteiger partial charge is 0.491 e. The Bertz CT molecular complexity index is 2740. The lowest BCUT2D eigenvalue weighted by atomic mass is 9.85. The molecule has 332 valence electrons. The number of carbonyl (C=O) groups excluding carboxylic acids is 3. The van der Waals surface area contributed by atoms with Crippen molar-refractivity contribution in [3.05, 3.63) is 71.5 Å². The number of furan rings is 1. The number of benzene rings is 2. The summed E-state index contributed by atoms with van der Waals surface area (Å²) in [6.07, 6.45) is 4.45. The number of carbonyl (C=O) groups is 3. The van der Waals surface area contributed by atoms with Crippen LogP contribution in [0.3, 0.4) is 0 Å². The van der Waals surface area contributed by atoms with Crippen LogP contribution >= 0.6 is 11.3 Å². The summed E-state index contributed by atoms with van der Waals surface area (Å²) in [6.45, 7) is 13.4. The van der Waals surface area contributed by atoms with Crippen LogP contribution in [0, 0.1) is 17.2 Å². The average molecular weight is 900 g/mol. The van der Waals surface area contributed by atoms with Crippen LogP contribution in [0.1, 0.15) is 77.3 Å². The van der Waals surface area contributed by atoms with Crippen molar-refractivity contribution < 1.29 is 41.1 Å². The van der Waals surface area contributed by atoms with E-state index in [2.05, 4.69) is 21.9 Å². The monoisotopic (exact) mass is 899 g/mol. The molecule has 4 aliphatic rings. The summed E-state index contributed by atoms with van der Waals surface area (Å²) in [6, 6.07) is 9.29. The highest BCUT2D eigenvalue weighted by atomic mass is 32.2. The number of amides is 3. The molecular formula is C45H50FN7O8S2. The fraction of sp³-hybridized carbons (Fsp3) is 0.467. The number of fused-ring (bicyclic) bond motifs is 4. The van der Waals surface area contributed by atoms with Crippen LogP contribution in [-0.4, -0.2) is 87.6 Å². The van der Waals surface area contributed by atoms with E-state index in [9.17, 15) is 22.4 Å². The van der Waals surface area contributed by atoms with Gasteiger partial charge in [-0.3, -0.25) is 19.1 Å². The van der Waals surface area contributed by atoms with E-state index in [4.69, 9.17) is 28.8 Å². The summed E-state index contributed by atoms with van der Waals surface area (Å²) in [5, 5.41) is 6.61. The predicted octanol–water partition coefficient (Wildman–Crippen LogP) is 6.46. The van der Waals surface area contributed by atoms with E-state index in [0.29, 0.717) is 45.8 Å². The maximum Gasteiger partial charge on any atom is 0.262 e. The summed E-state index contributed by atoms with van der Waals surface area (Å²) >= 11 is 1.52. The first-order valence-corrected chi connectivity index (χ1v) is 23.7. The summed E-state index contributed by atoms with van der Waals surface area (Å²) in [5.74, 6) is -2.00. The van der Waals surface area contributed by atoms with Gasteiger partial charge in [0.2, 0.25) is 27.4 Å². The van der Waals surface area contributed by atoms with Crippen molar-refractivity contribution in [1.29, 1.82) is 0 Å². The van der Waals surface area contributed by atoms with Crippen LogP contribution in [0.2, 0.25) is 0 Å². The Balaban J connectivity index is 1.07. The van der Waals surface area contributed by atoms with Crippen molar-refractivity contribution in [2.45, 2.75) is 115 Å². The van der Waals surface area contributed by atoms with E-state index in [-0.39, 0.29) is 42.8 Å². The fourth-order valence-corrected chi connectivity index (χ4v) is 10.9. The number of ether oxygens (including phenoxy) is 2. The fourth-order valence-electron chi connectivity index (χ4n) is 8.50. The zero-order valence-electron chi connectivity index (χ0n) is 35.7. The van der Waals surface area contributed by atoms with E-state index in [1.807, 2.05) is 34.6 Å². The molecule has 5 aromatic rings. The molecule has 15 nitrogen and oxygen atoms in total. The molecular weight excluding hydrogens is 850 g/mol. The number of hydrogen-bond donors (Lipinski definition) is 3. The maximum absolute atomic E-state index is 15.0. The average Bonchev–Trinajstić information content (AvgIpc) is 3.99. The molecule has 2 aromatic carbocycles. The van der Waals surface area contributed by atoms with Gasteiger partial charge in [0, 0.05) is 28.2 Å². The van der Waals surface area contributed by atoms with Crippen molar-refractivity contribution in [1.82, 2.24) is 29.9 Å². The first kappa shape index (κ1) is 42.7. The molecule has 3 N–H and O–H groups in total. The van der Waals surface area contributed by atoms with Crippen molar-refractivity contribution in [3.8, 4) is 23.0 Å². The smallest absolute Gasteiger partial charge is 0.262 e. The molecule has 0 bridgehead atoms. The minimum atomic E-state index is -3.93. The van der Waals surface area contributed by atoms with Gasteiger partial charge in [0.25, 0.3) is 11.8 Å². The van der Waals surface area contributed by atoms with E-state index in [1.165, 1.54) is 45.4 Å². The highest BCUT2D eigenvalue weighted by Crippen LogP contribution is 2.46. The van der Waals surface area contributed by atoms with Gasteiger partial charge >= 0.3 is 0 Å². The molecule has 3 aromatic heterocycles. The first-order valence-electron chi connectivity index (χ1n) is 21.3. The lowest BCUT2D eigenvalue weighted by Crippen LogP contribution is -2.58. The van der Waals surface area contributed by atoms with Gasteiger partial charge in [0.15, 0.2) is 11.0 Å². The number of aromatic nitrogens is 3. The standard InChI is InChI=1S/C45H50FN7O8S2/c1-7-25-21-45(25,42(56)52-63(57,58)29-16-17-29)51-39(54)32-20-28(22-53(32)41(55)37(44(4,5)6)49-43-47-31-9-8-10-34(31)62-43)60-40-36-35(30-19-26(46)13-18-33(30)61-36)48-38(50-40)24-11-14-27(15-12-24)59-23(2)3/h7,11-15,18-19,23,25,28-29,32,37H,1,8-10,16-17,20-22H2,2-6H3,(H,47,49)(H,51,54)(H,52,56)/t25-,28-,32+,37-,45-/m1/s1. The normalized spacial score (nSPS) is 22.5. The molecule has 0 radical (unpaired) electrons. The molecule has 0 unspecified atom stereocenters. The number of rotatable bonds is 14. The van der Waals surface area contributed by atoms with Crippen LogP contribution in [0.25, 0.3) is 33.5 Å². The zero-order chi connectivity index (χ0) is 44.6. The molecule has 3 fully saturated rings. The lowest BCUT2D eigenvalue weighted by molar-refractivity contribution is -0.141. The van der Waals surface area contributed by atoms with Gasteiger partial charge < -0.3 is 29.4 Å². The van der Waals surface area contributed by atoms with Gasteiger partial charge in [-0.2, -0.15) is 4.98 Å². The molecule has 63 heavy (non-hydrogen) atoms. The number of thiazole rings is 1. The second-order valence-corrected chi connectivity index (χ2v) is 21.4. The number of nitrogens with zero attached hydrogens (tertiary/aromatic N) is 4. The summed E-state index contributed by atoms with van der Waals surface area (Å²) < 4.78 is 61.3. The number of halogens is 1. The van der Waals surface area contributed by atoms with E-state index in [0.717, 1.165) is 25.0 Å². The van der Waals surface area contributed by atoms with Crippen molar-refractivity contribution in [3.63, 3.8) is 0 Å². The molecule has 1 aliphatic heterocycles. The van der Waals surface area contributed by atoms with E-state index >= 15 is 4.79 Å². The van der Waals surface area contributed by atoms with Crippen molar-refractivity contribution in [2.24, 2.45) is 11.3 Å². The Morgan fingerprint density at radius 3 is 2.51 bits per heavy atom. The molecule has 4 heterocycles. The minimum Gasteiger partial charge on any atom is -0.491 e. The minimum absolute atomic E-state index is 0.0189. The molecule has 3 amide bonds. The van der Waals surface area contributed by atoms with Gasteiger partial charge in [0.05, 0.1) is 23.6 Å². The third kappa shape index (κ3) is 8.34. The number of hydrogen-bond acceptors (Lipinski definition) is 13. The topological polar surface area (TPSA) is 195 Å². The van der Waals surface area contributed by atoms with Gasteiger partial charge in [-0.1, -0.05) is 26.8 Å². The molecule has 5 atom stereocenters. The van der Waals surface area contributed by atoms with Crippen LogP contribution < -0.4 is 24.8 Å². The second kappa shape index (κ2) is 15.9. The molecule has 0 spiro atoms. The third-order valence-corrected chi connectivity index (χ3v) is 15.0. The van der Waals surface area contributed by atoms with Gasteiger partial charge in [0.1, 0.15) is 46.4 Å². The Hall–Kier alpha value is -5.62. The zero-order valence-corrected chi connectivity index (χ0v) is 37.3. The highest BCUT2D eigenvalue weighted by molar-refractivity contribution is 7.91. The SMILES string of the molecule is C=C[C@@H]1C[C@]1(NC(=O)[C@@H]1C[C@@H](Oc2nc(-c3ccc(OC(C)C)cc3)nc3c2oc2ccc(F)cc23)CN1C(=O)[C@@H](Nc1nc2c(s1)CCC2)C(C)(C)C)C(=O)NS(=O)(=O)C1CC1. The number of anilines is 1. The van der Waals surface area contributed by atoms with E-state index < -0.39 is 73.9 Å². The first-order chi connectivity index (χ1) is 29.9. The highest BCUT2D eigenvalue weighted by Gasteiger charge is 2.62. The number of likely N-dealkylation sites (tertiary alicyclic amines) is 1. The predicted molar refractivity (Wildman–Crippen MR) is 235 cm³/mol. The number of nitrogens with one attached hydrogen (secondary N) is 3. The maximum atomic E-state index is 15.0. The van der Waals surface area contributed by atoms with Gasteiger partial charge in [-0.15, -0.1) is 17.9 Å². The van der Waals surface area contributed by atoms with Crippen molar-refractivity contribution >= 4 is 66.3 Å². The number of aryl methyl sites for hydroxylation is 2. The lowest BCUT2D eigenvalue weighted by Gasteiger charge is -2.35. The molecule has 9 rings (SSSR count). The van der Waals surface area contributed by atoms with Gasteiger partial charge in [-0.25, -0.2) is 22.8 Å². The summed E-state index contributed by atoms with van der Waals surface area (Å²) in [5.41, 5.74) is 0.197. The van der Waals surface area contributed by atoms with Crippen molar-refractivity contribution in [2.75, 3.05) is 11.9 Å². The molecule has 1 saturated heterocycles. The Morgan fingerprint density at radius 2 is 1.84 bits per heavy atom. The quantitative estimate of drug-likeness (QED) is 0.103. The van der Waals surface area contributed by atoms with Gasteiger partial charge in [-0.05, 0) is 100 Å². The number of sulfonamides is 1. The van der Waals surface area contributed by atoms with E-state index in [1.54, 1.807) is 24.3 Å². The third-order valence-electron chi connectivity index (χ3n) is 12.1. The van der Waals surface area contributed by atoms with Crippen LogP contribution in [0.5, 0.6) is 11.6 Å². The second-order valence-electron chi connectivity index (χ2n) is 18.3. The molecule has 2 saturated carbocycles. The van der Waals surface area contributed by atoms with Crippen LogP contribution in [-0.2, 0) is 37.2 Å². The summed E-state index contributed by atoms with van der Waals surface area (Å²) in [7, 11) is -3.93. The van der Waals surface area contributed by atoms with Crippen LogP contribution in [0.15, 0.2) is 59.5 Å². The van der Waals surface area contributed by atoms with Crippen LogP contribution in [0.4, 0.5) is 9.52 Å². The summed E-state index contributed by atoms with van der Waals surface area (Å²) in [4.78, 5) is 60.4. The Morgan fingerprint density at radius 1 is 1.08 bits per heavy atom. The Kier molecular flexibility index (Phi) is 10.7. The molecule has 3 aliphatic carbocycles. The Labute approximate surface area is 368 Å². The molecule has 18 heteroatoms.